The van der Waals surface area contributed by atoms with Crippen molar-refractivity contribution in [1.29, 1.82) is 0 Å². The molecule has 6 nitrogen and oxygen atoms in total. The van der Waals surface area contributed by atoms with Gasteiger partial charge in [-0.1, -0.05) is 48.0 Å². The van der Waals surface area contributed by atoms with Gasteiger partial charge >= 0.3 is 0 Å². The number of hydrogen-bond donors (Lipinski definition) is 0. The van der Waals surface area contributed by atoms with Crippen LogP contribution in [0.4, 0.5) is 0 Å². The van der Waals surface area contributed by atoms with Crippen molar-refractivity contribution in [1.82, 2.24) is 4.41 Å². The minimum atomic E-state index is -3.87. The molecule has 4 rings (SSSR count). The van der Waals surface area contributed by atoms with Crippen LogP contribution in [0, 0.1) is 6.92 Å². The lowest BCUT2D eigenvalue weighted by molar-refractivity contribution is 0.214. The number of ether oxygens (including phenoxy) is 2. The number of fused-ring (bicyclic) bond motifs is 2. The Balaban J connectivity index is 1.80. The Labute approximate surface area is 176 Å². The molecule has 0 saturated carbocycles. The molecule has 3 aromatic carbocycles. The summed E-state index contributed by atoms with van der Waals surface area (Å²) >= 11 is 0. The maximum absolute atomic E-state index is 13.4. The van der Waals surface area contributed by atoms with Crippen LogP contribution >= 0.6 is 0 Å². The highest BCUT2D eigenvalue weighted by atomic mass is 32.2. The van der Waals surface area contributed by atoms with Crippen LogP contribution in [0.3, 0.4) is 0 Å². The molecule has 0 N–H and O–H groups in total. The first-order valence-electron chi connectivity index (χ1n) is 9.60. The van der Waals surface area contributed by atoms with Crippen molar-refractivity contribution in [3.8, 4) is 11.5 Å². The summed E-state index contributed by atoms with van der Waals surface area (Å²) in [6, 6.07) is 21.4. The van der Waals surface area contributed by atoms with Crippen LogP contribution in [0.2, 0.25) is 0 Å². The van der Waals surface area contributed by atoms with Crippen LogP contribution in [0.15, 0.2) is 82.8 Å². The smallest absolute Gasteiger partial charge is 0.279 e. The predicted molar refractivity (Wildman–Crippen MR) is 115 cm³/mol. The van der Waals surface area contributed by atoms with E-state index in [1.54, 1.807) is 24.3 Å². The van der Waals surface area contributed by atoms with E-state index < -0.39 is 10.0 Å². The van der Waals surface area contributed by atoms with Gasteiger partial charge in [0.05, 0.1) is 17.7 Å². The van der Waals surface area contributed by atoms with E-state index in [1.165, 1.54) is 6.21 Å². The monoisotopic (exact) mass is 422 g/mol. The molecular formula is C23H22N2O4S. The van der Waals surface area contributed by atoms with Crippen LogP contribution in [0.25, 0.3) is 0 Å². The Morgan fingerprint density at radius 3 is 2.23 bits per heavy atom. The summed E-state index contributed by atoms with van der Waals surface area (Å²) in [6.45, 7) is 2.67. The van der Waals surface area contributed by atoms with E-state index in [9.17, 15) is 8.42 Å². The highest BCUT2D eigenvalue weighted by Gasteiger charge is 2.24. The average Bonchev–Trinajstić information content (AvgIpc) is 2.75. The first kappa shape index (κ1) is 20.0. The van der Waals surface area contributed by atoms with Crippen LogP contribution in [-0.2, 0) is 16.6 Å². The molecule has 1 heterocycles. The van der Waals surface area contributed by atoms with Gasteiger partial charge in [0.1, 0.15) is 24.7 Å². The van der Waals surface area contributed by atoms with Gasteiger partial charge in [-0.25, -0.2) is 0 Å². The minimum Gasteiger partial charge on any atom is -0.490 e. The third kappa shape index (κ3) is 4.31. The summed E-state index contributed by atoms with van der Waals surface area (Å²) in [4.78, 5) is 0.181. The zero-order valence-electron chi connectivity index (χ0n) is 16.6. The number of para-hydroxylation sites is 2. The molecule has 154 valence electrons. The van der Waals surface area contributed by atoms with Crippen molar-refractivity contribution in [2.45, 2.75) is 18.4 Å². The van der Waals surface area contributed by atoms with Gasteiger partial charge in [-0.15, -0.1) is 0 Å². The summed E-state index contributed by atoms with van der Waals surface area (Å²) in [7, 11) is -3.87. The van der Waals surface area contributed by atoms with Crippen LogP contribution < -0.4 is 9.47 Å². The Morgan fingerprint density at radius 1 is 0.833 bits per heavy atom. The molecule has 0 amide bonds. The predicted octanol–water partition coefficient (Wildman–Crippen LogP) is 3.99. The van der Waals surface area contributed by atoms with Crippen molar-refractivity contribution < 1.29 is 17.9 Å². The van der Waals surface area contributed by atoms with Crippen molar-refractivity contribution in [2.24, 2.45) is 5.10 Å². The van der Waals surface area contributed by atoms with Gasteiger partial charge < -0.3 is 9.47 Å². The van der Waals surface area contributed by atoms with E-state index in [4.69, 9.17) is 9.47 Å². The molecular weight excluding hydrogens is 400 g/mol. The molecule has 7 heteroatoms. The summed E-state index contributed by atoms with van der Waals surface area (Å²) in [6.07, 6.45) is 1.52. The summed E-state index contributed by atoms with van der Waals surface area (Å²) in [5.41, 5.74) is 2.39. The first-order valence-corrected chi connectivity index (χ1v) is 11.0. The van der Waals surface area contributed by atoms with Gasteiger partial charge in [-0.05, 0) is 37.3 Å². The molecule has 0 spiro atoms. The largest absolute Gasteiger partial charge is 0.490 e. The maximum atomic E-state index is 13.4. The highest BCUT2D eigenvalue weighted by molar-refractivity contribution is 7.89. The topological polar surface area (TPSA) is 68.2 Å². The van der Waals surface area contributed by atoms with Crippen molar-refractivity contribution in [3.63, 3.8) is 0 Å². The lowest BCUT2D eigenvalue weighted by Gasteiger charge is -2.22. The van der Waals surface area contributed by atoms with E-state index in [-0.39, 0.29) is 11.4 Å². The minimum absolute atomic E-state index is 0.0475. The zero-order chi connectivity index (χ0) is 21.0. The van der Waals surface area contributed by atoms with Crippen molar-refractivity contribution in [3.05, 3.63) is 89.5 Å². The second-order valence-electron chi connectivity index (χ2n) is 6.89. The lowest BCUT2D eigenvalue weighted by Crippen LogP contribution is -2.26. The van der Waals surface area contributed by atoms with E-state index in [0.717, 1.165) is 15.5 Å². The highest BCUT2D eigenvalue weighted by Crippen LogP contribution is 2.26. The first-order chi connectivity index (χ1) is 14.5. The Bertz CT molecular complexity index is 1160. The molecule has 0 saturated heterocycles. The normalized spacial score (nSPS) is 15.4. The van der Waals surface area contributed by atoms with E-state index in [0.29, 0.717) is 30.3 Å². The Morgan fingerprint density at radius 2 is 1.47 bits per heavy atom. The molecule has 0 fully saturated rings. The number of hydrazone groups is 1. The maximum Gasteiger partial charge on any atom is 0.279 e. The number of sulfonamides is 1. The Hall–Kier alpha value is -3.32. The van der Waals surface area contributed by atoms with Crippen molar-refractivity contribution >= 4 is 16.2 Å². The number of rotatable bonds is 2. The zero-order valence-corrected chi connectivity index (χ0v) is 17.4. The summed E-state index contributed by atoms with van der Waals surface area (Å²) in [5, 5.41) is 4.35. The van der Waals surface area contributed by atoms with E-state index >= 15 is 0 Å². The van der Waals surface area contributed by atoms with Gasteiger partial charge in [-0.2, -0.15) is 17.9 Å². The SMILES string of the molecule is Cc1ccc(S(=O)(=O)N2Cc3ccccc3OCCOc3ccccc3/C=N\2)cc1. The number of benzene rings is 3. The molecule has 0 aromatic heterocycles. The molecule has 0 radical (unpaired) electrons. The van der Waals surface area contributed by atoms with E-state index in [2.05, 4.69) is 5.10 Å². The molecule has 30 heavy (non-hydrogen) atoms. The van der Waals surface area contributed by atoms with Gasteiger partial charge in [0.15, 0.2) is 0 Å². The number of hydrogen-bond acceptors (Lipinski definition) is 5. The number of aryl methyl sites for hydroxylation is 1. The Kier molecular flexibility index (Phi) is 5.72. The third-order valence-corrected chi connectivity index (χ3v) is 6.36. The molecule has 0 bridgehead atoms. The fourth-order valence-corrected chi connectivity index (χ4v) is 4.29. The van der Waals surface area contributed by atoms with Gasteiger partial charge in [-0.3, -0.25) is 0 Å². The summed E-state index contributed by atoms with van der Waals surface area (Å²) < 4.78 is 39.5. The average molecular weight is 423 g/mol. The van der Waals surface area contributed by atoms with Crippen LogP contribution in [0.5, 0.6) is 11.5 Å². The van der Waals surface area contributed by atoms with E-state index in [1.807, 2.05) is 55.5 Å². The fourth-order valence-electron chi connectivity index (χ4n) is 3.09. The van der Waals surface area contributed by atoms with Crippen LogP contribution in [0.1, 0.15) is 16.7 Å². The molecule has 1 aliphatic rings. The quantitative estimate of drug-likeness (QED) is 0.626. The molecule has 3 aromatic rings. The van der Waals surface area contributed by atoms with Crippen molar-refractivity contribution in [2.75, 3.05) is 13.2 Å². The van der Waals surface area contributed by atoms with Gasteiger partial charge in [0.25, 0.3) is 10.0 Å². The van der Waals surface area contributed by atoms with Gasteiger partial charge in [0.2, 0.25) is 0 Å². The lowest BCUT2D eigenvalue weighted by atomic mass is 10.2. The standard InChI is InChI=1S/C23H22N2O4S/c1-18-10-12-21(13-11-18)30(26,27)25-17-20-7-3-5-9-23(20)29-15-14-28-22-8-4-2-6-19(22)16-24-25/h2-13,16H,14-15,17H2,1H3/b24-16-. The second-order valence-corrected chi connectivity index (χ2v) is 8.73. The molecule has 0 aliphatic carbocycles. The third-order valence-electron chi connectivity index (χ3n) is 4.72. The molecule has 0 atom stereocenters. The molecule has 1 aliphatic heterocycles. The number of nitrogens with zero attached hydrogens (tertiary/aromatic N) is 2. The second kappa shape index (κ2) is 8.59. The fraction of sp³-hybridized carbons (Fsp3) is 0.174. The summed E-state index contributed by atoms with van der Waals surface area (Å²) in [5.74, 6) is 1.22. The van der Waals surface area contributed by atoms with Gasteiger partial charge in [0, 0.05) is 11.1 Å². The molecule has 0 unspecified atom stereocenters. The van der Waals surface area contributed by atoms with Crippen LogP contribution in [-0.4, -0.2) is 32.3 Å².